The first-order valence-electron chi connectivity index (χ1n) is 11.0. The summed E-state index contributed by atoms with van der Waals surface area (Å²) in [5, 5.41) is 1.26. The molecule has 4 rings (SSSR count). The molecule has 0 saturated carbocycles. The maximum absolute atomic E-state index is 15.1. The summed E-state index contributed by atoms with van der Waals surface area (Å²) in [6, 6.07) is 14.8. The van der Waals surface area contributed by atoms with Gasteiger partial charge < -0.3 is 4.74 Å². The van der Waals surface area contributed by atoms with Gasteiger partial charge >= 0.3 is 0 Å². The maximum Gasteiger partial charge on any atom is 0.194 e. The molecule has 2 nitrogen and oxygen atoms in total. The molecule has 3 aromatic carbocycles. The van der Waals surface area contributed by atoms with Crippen LogP contribution >= 0.6 is 0 Å². The highest BCUT2D eigenvalue weighted by Gasteiger charge is 2.13. The maximum atomic E-state index is 15.1. The Balaban J connectivity index is 1.42. The first-order chi connectivity index (χ1) is 16.4. The van der Waals surface area contributed by atoms with Crippen LogP contribution in [0.1, 0.15) is 22.4 Å². The second-order valence-electron chi connectivity index (χ2n) is 8.05. The van der Waals surface area contributed by atoms with Crippen LogP contribution in [-0.4, -0.2) is 11.6 Å². The lowest BCUT2D eigenvalue weighted by molar-refractivity contribution is 0.361. The summed E-state index contributed by atoms with van der Waals surface area (Å²) >= 11 is 0. The van der Waals surface area contributed by atoms with Crippen molar-refractivity contribution in [2.45, 2.75) is 25.7 Å². The summed E-state index contributed by atoms with van der Waals surface area (Å²) in [4.78, 5) is 4.41. The molecule has 0 bridgehead atoms. The average Bonchev–Trinajstić information content (AvgIpc) is 2.85. The standard InChI is InChI=1S/C28H23F4NO/c1-2-13-34-23-11-10-22(33-17-23)9-4-18-5-12-24-21(14-18)8-7-20(27(24)31)6-3-19-15-25(29)28(32)26(30)16-19/h2,5,7-8,10-12,14-17H,1,3-4,6,9,13H2. The lowest BCUT2D eigenvalue weighted by Gasteiger charge is -2.10. The minimum atomic E-state index is -1.50. The molecule has 0 aliphatic heterocycles. The van der Waals surface area contributed by atoms with Crippen molar-refractivity contribution >= 4 is 10.8 Å². The number of aromatic nitrogens is 1. The van der Waals surface area contributed by atoms with E-state index in [0.717, 1.165) is 41.6 Å². The SMILES string of the molecule is C=CCOc1ccc(CCc2ccc3c(F)c(CCc4cc(F)c(F)c(F)c4)ccc3c2)nc1. The first-order valence-corrected chi connectivity index (χ1v) is 11.0. The predicted octanol–water partition coefficient (Wildman–Crippen LogP) is 6.93. The van der Waals surface area contributed by atoms with Gasteiger partial charge in [0.2, 0.25) is 0 Å². The third kappa shape index (κ3) is 5.45. The number of rotatable bonds is 9. The van der Waals surface area contributed by atoms with Crippen LogP contribution in [0.3, 0.4) is 0 Å². The van der Waals surface area contributed by atoms with Crippen LogP contribution in [0.15, 0.2) is 73.4 Å². The Morgan fingerprint density at radius 2 is 1.53 bits per heavy atom. The summed E-state index contributed by atoms with van der Waals surface area (Å²) in [6.45, 7) is 4.04. The van der Waals surface area contributed by atoms with Crippen molar-refractivity contribution in [2.75, 3.05) is 6.61 Å². The van der Waals surface area contributed by atoms with Crippen LogP contribution in [0.4, 0.5) is 17.6 Å². The number of hydrogen-bond donors (Lipinski definition) is 0. The number of halogens is 4. The molecule has 0 unspecified atom stereocenters. The van der Waals surface area contributed by atoms with Crippen LogP contribution in [-0.2, 0) is 25.7 Å². The molecular weight excluding hydrogens is 442 g/mol. The highest BCUT2D eigenvalue weighted by molar-refractivity contribution is 5.84. The van der Waals surface area contributed by atoms with Crippen molar-refractivity contribution < 1.29 is 22.3 Å². The smallest absolute Gasteiger partial charge is 0.194 e. The molecule has 0 fully saturated rings. The van der Waals surface area contributed by atoms with E-state index in [0.29, 0.717) is 23.3 Å². The highest BCUT2D eigenvalue weighted by Crippen LogP contribution is 2.25. The number of aryl methyl sites for hydroxylation is 4. The first kappa shape index (κ1) is 23.5. The van der Waals surface area contributed by atoms with Crippen molar-refractivity contribution in [3.8, 4) is 5.75 Å². The molecule has 0 spiro atoms. The number of ether oxygens (including phenoxy) is 1. The lowest BCUT2D eigenvalue weighted by Crippen LogP contribution is -2.00. The normalized spacial score (nSPS) is 11.1. The Morgan fingerprint density at radius 3 is 2.24 bits per heavy atom. The molecule has 6 heteroatoms. The number of benzene rings is 3. The van der Waals surface area contributed by atoms with Gasteiger partial charge in [0.1, 0.15) is 18.2 Å². The summed E-state index contributed by atoms with van der Waals surface area (Å²) in [7, 11) is 0. The topological polar surface area (TPSA) is 22.1 Å². The van der Waals surface area contributed by atoms with E-state index in [9.17, 15) is 13.2 Å². The molecule has 174 valence electrons. The van der Waals surface area contributed by atoms with Gasteiger partial charge in [-0.15, -0.1) is 0 Å². The van der Waals surface area contributed by atoms with Gasteiger partial charge in [-0.2, -0.15) is 0 Å². The van der Waals surface area contributed by atoms with Crippen LogP contribution < -0.4 is 4.74 Å². The molecule has 0 atom stereocenters. The van der Waals surface area contributed by atoms with E-state index in [1.54, 1.807) is 24.4 Å². The summed E-state index contributed by atoms with van der Waals surface area (Å²) in [5.41, 5.74) is 2.71. The zero-order valence-electron chi connectivity index (χ0n) is 18.5. The molecule has 0 saturated heterocycles. The minimum Gasteiger partial charge on any atom is -0.488 e. The lowest BCUT2D eigenvalue weighted by atomic mass is 9.98. The number of nitrogens with zero attached hydrogens (tertiary/aromatic N) is 1. The Labute approximate surface area is 195 Å². The van der Waals surface area contributed by atoms with Gasteiger partial charge in [0, 0.05) is 11.1 Å². The Hall–Kier alpha value is -3.67. The second-order valence-corrected chi connectivity index (χ2v) is 8.05. The van der Waals surface area contributed by atoms with Crippen LogP contribution in [0.25, 0.3) is 10.8 Å². The molecule has 0 aliphatic carbocycles. The number of fused-ring (bicyclic) bond motifs is 1. The molecule has 1 heterocycles. The zero-order valence-corrected chi connectivity index (χ0v) is 18.5. The molecule has 0 radical (unpaired) electrons. The van der Waals surface area contributed by atoms with Crippen LogP contribution in [0.2, 0.25) is 0 Å². The Bertz CT molecular complexity index is 1300. The van der Waals surface area contributed by atoms with E-state index in [1.807, 2.05) is 30.3 Å². The fraction of sp³-hybridized carbons (Fsp3) is 0.179. The van der Waals surface area contributed by atoms with E-state index < -0.39 is 17.5 Å². The third-order valence-corrected chi connectivity index (χ3v) is 5.66. The number of pyridine rings is 1. The van der Waals surface area contributed by atoms with E-state index >= 15 is 4.39 Å². The van der Waals surface area contributed by atoms with Gasteiger partial charge in [-0.05, 0) is 72.0 Å². The minimum absolute atomic E-state index is 0.194. The highest BCUT2D eigenvalue weighted by atomic mass is 19.2. The molecule has 34 heavy (non-hydrogen) atoms. The second kappa shape index (κ2) is 10.5. The van der Waals surface area contributed by atoms with E-state index in [-0.39, 0.29) is 24.2 Å². The third-order valence-electron chi connectivity index (χ3n) is 5.66. The summed E-state index contributed by atoms with van der Waals surface area (Å²) < 4.78 is 60.5. The molecular formula is C28H23F4NO. The molecule has 0 amide bonds. The number of hydrogen-bond acceptors (Lipinski definition) is 2. The molecule has 0 aliphatic rings. The fourth-order valence-electron chi connectivity index (χ4n) is 3.84. The molecule has 0 N–H and O–H groups in total. The molecule has 4 aromatic rings. The van der Waals surface area contributed by atoms with Gasteiger partial charge in [0.25, 0.3) is 0 Å². The summed E-state index contributed by atoms with van der Waals surface area (Å²) in [6.07, 6.45) is 5.28. The predicted molar refractivity (Wildman–Crippen MR) is 125 cm³/mol. The fourth-order valence-corrected chi connectivity index (χ4v) is 3.84. The van der Waals surface area contributed by atoms with E-state index in [4.69, 9.17) is 4.74 Å². The Kier molecular flexibility index (Phi) is 7.26. The van der Waals surface area contributed by atoms with Gasteiger partial charge in [0.15, 0.2) is 17.5 Å². The van der Waals surface area contributed by atoms with Gasteiger partial charge in [-0.1, -0.05) is 43.0 Å². The quantitative estimate of drug-likeness (QED) is 0.152. The average molecular weight is 465 g/mol. The van der Waals surface area contributed by atoms with Gasteiger partial charge in [-0.25, -0.2) is 17.6 Å². The van der Waals surface area contributed by atoms with Crippen LogP contribution in [0, 0.1) is 23.3 Å². The van der Waals surface area contributed by atoms with E-state index in [2.05, 4.69) is 11.6 Å². The van der Waals surface area contributed by atoms with Crippen molar-refractivity contribution in [1.29, 1.82) is 0 Å². The monoisotopic (exact) mass is 465 g/mol. The van der Waals surface area contributed by atoms with Crippen molar-refractivity contribution in [2.24, 2.45) is 0 Å². The van der Waals surface area contributed by atoms with Crippen molar-refractivity contribution in [3.05, 3.63) is 119 Å². The van der Waals surface area contributed by atoms with Crippen molar-refractivity contribution in [3.63, 3.8) is 0 Å². The van der Waals surface area contributed by atoms with Gasteiger partial charge in [0.05, 0.1) is 6.20 Å². The Morgan fingerprint density at radius 1 is 0.765 bits per heavy atom. The summed E-state index contributed by atoms with van der Waals surface area (Å²) in [5.74, 6) is -3.65. The molecule has 1 aromatic heterocycles. The largest absolute Gasteiger partial charge is 0.488 e. The van der Waals surface area contributed by atoms with E-state index in [1.165, 1.54) is 0 Å². The van der Waals surface area contributed by atoms with Crippen molar-refractivity contribution in [1.82, 2.24) is 4.98 Å². The van der Waals surface area contributed by atoms with Gasteiger partial charge in [-0.3, -0.25) is 4.98 Å². The zero-order chi connectivity index (χ0) is 24.1. The van der Waals surface area contributed by atoms with Crippen LogP contribution in [0.5, 0.6) is 5.75 Å².